The van der Waals surface area contributed by atoms with Gasteiger partial charge in [0.05, 0.1) is 5.52 Å². The van der Waals surface area contributed by atoms with Gasteiger partial charge < -0.3 is 4.90 Å². The van der Waals surface area contributed by atoms with Gasteiger partial charge in [-0.2, -0.15) is 0 Å². The topological polar surface area (TPSA) is 64.3 Å². The number of rotatable bonds is 7. The van der Waals surface area contributed by atoms with Gasteiger partial charge in [0, 0.05) is 23.7 Å². The summed E-state index contributed by atoms with van der Waals surface area (Å²) in [5.41, 5.74) is 0.561. The van der Waals surface area contributed by atoms with Gasteiger partial charge in [0.2, 0.25) is 5.91 Å². The summed E-state index contributed by atoms with van der Waals surface area (Å²) in [6.07, 6.45) is 0.600. The summed E-state index contributed by atoms with van der Waals surface area (Å²) in [5, 5.41) is 3.76. The van der Waals surface area contributed by atoms with Crippen molar-refractivity contribution < 1.29 is 4.79 Å². The number of anilines is 1. The fraction of sp³-hybridized carbons (Fsp3) is 0.227. The van der Waals surface area contributed by atoms with E-state index in [1.807, 2.05) is 54.8 Å². The maximum atomic E-state index is 13.2. The Morgan fingerprint density at radius 2 is 1.77 bits per heavy atom. The van der Waals surface area contributed by atoms with Crippen molar-refractivity contribution in [2.24, 2.45) is 0 Å². The first-order valence-electron chi connectivity index (χ1n) is 9.68. The molecular formula is C22H21N3O3S2. The van der Waals surface area contributed by atoms with E-state index in [0.29, 0.717) is 23.2 Å². The van der Waals surface area contributed by atoms with Gasteiger partial charge in [-0.15, -0.1) is 22.7 Å². The Bertz CT molecular complexity index is 1270. The highest BCUT2D eigenvalue weighted by Gasteiger charge is 2.20. The SMILES string of the molecule is CCN(C(=O)Cn1c(=O)n(CCc2cccs2)c(=O)c2sccc21)c1ccccc1. The van der Waals surface area contributed by atoms with E-state index in [-0.39, 0.29) is 24.6 Å². The van der Waals surface area contributed by atoms with Gasteiger partial charge in [-0.25, -0.2) is 4.79 Å². The molecule has 4 rings (SSSR count). The Hall–Kier alpha value is -2.97. The molecule has 0 radical (unpaired) electrons. The second-order valence-corrected chi connectivity index (χ2v) is 8.71. The number of thiophene rings is 2. The zero-order valence-electron chi connectivity index (χ0n) is 16.5. The first-order chi connectivity index (χ1) is 14.6. The van der Waals surface area contributed by atoms with Crippen LogP contribution >= 0.6 is 22.7 Å². The van der Waals surface area contributed by atoms with E-state index >= 15 is 0 Å². The molecule has 0 unspecified atom stereocenters. The first kappa shape index (κ1) is 20.3. The second kappa shape index (κ2) is 8.81. The van der Waals surface area contributed by atoms with Gasteiger partial charge >= 0.3 is 5.69 Å². The van der Waals surface area contributed by atoms with Crippen molar-refractivity contribution in [3.63, 3.8) is 0 Å². The smallest absolute Gasteiger partial charge is 0.311 e. The molecule has 0 fully saturated rings. The quantitative estimate of drug-likeness (QED) is 0.442. The Morgan fingerprint density at radius 3 is 2.47 bits per heavy atom. The molecule has 1 amide bonds. The summed E-state index contributed by atoms with van der Waals surface area (Å²) in [4.78, 5) is 41.9. The summed E-state index contributed by atoms with van der Waals surface area (Å²) in [6.45, 7) is 2.56. The zero-order valence-corrected chi connectivity index (χ0v) is 18.1. The number of fused-ring (bicyclic) bond motifs is 1. The summed E-state index contributed by atoms with van der Waals surface area (Å²) in [6, 6.07) is 15.0. The van der Waals surface area contributed by atoms with Crippen molar-refractivity contribution >= 4 is 44.5 Å². The normalized spacial score (nSPS) is 11.1. The van der Waals surface area contributed by atoms with Crippen LogP contribution in [0.15, 0.2) is 68.9 Å². The molecule has 0 spiro atoms. The number of hydrogen-bond donors (Lipinski definition) is 0. The van der Waals surface area contributed by atoms with Crippen molar-refractivity contribution in [3.8, 4) is 0 Å². The van der Waals surface area contributed by atoms with Crippen LogP contribution in [0.2, 0.25) is 0 Å². The minimum atomic E-state index is -0.445. The van der Waals surface area contributed by atoms with Crippen molar-refractivity contribution in [3.05, 3.63) is 85.0 Å². The van der Waals surface area contributed by atoms with Crippen LogP contribution in [0.1, 0.15) is 11.8 Å². The van der Waals surface area contributed by atoms with Crippen LogP contribution in [0, 0.1) is 0 Å². The van der Waals surface area contributed by atoms with E-state index in [2.05, 4.69) is 0 Å². The molecule has 0 atom stereocenters. The van der Waals surface area contributed by atoms with Gasteiger partial charge in [-0.05, 0) is 48.4 Å². The largest absolute Gasteiger partial charge is 0.332 e. The van der Waals surface area contributed by atoms with E-state index in [0.717, 1.165) is 10.6 Å². The number of hydrogen-bond acceptors (Lipinski definition) is 5. The molecule has 0 aliphatic carbocycles. The first-order valence-corrected chi connectivity index (χ1v) is 11.4. The van der Waals surface area contributed by atoms with Gasteiger partial charge in [-0.1, -0.05) is 24.3 Å². The molecule has 1 aromatic carbocycles. The molecule has 154 valence electrons. The standard InChI is InChI=1S/C22H21N3O3S2/c1-2-23(16-7-4-3-5-8-16)19(26)15-25-18-11-14-30-20(18)21(27)24(22(25)28)12-10-17-9-6-13-29-17/h3-9,11,13-14H,2,10,12,15H2,1H3. The highest BCUT2D eigenvalue weighted by atomic mass is 32.1. The van der Waals surface area contributed by atoms with Crippen molar-refractivity contribution in [2.45, 2.75) is 26.4 Å². The van der Waals surface area contributed by atoms with E-state index in [1.165, 1.54) is 20.5 Å². The molecule has 0 saturated heterocycles. The van der Waals surface area contributed by atoms with Crippen LogP contribution in [-0.2, 0) is 24.3 Å². The van der Waals surface area contributed by atoms with Gasteiger partial charge in [0.25, 0.3) is 5.56 Å². The molecule has 3 heterocycles. The Kier molecular flexibility index (Phi) is 5.96. The minimum absolute atomic E-state index is 0.117. The summed E-state index contributed by atoms with van der Waals surface area (Å²) in [5.74, 6) is -0.193. The summed E-state index contributed by atoms with van der Waals surface area (Å²) in [7, 11) is 0. The van der Waals surface area contributed by atoms with Crippen LogP contribution in [-0.4, -0.2) is 21.6 Å². The predicted molar refractivity (Wildman–Crippen MR) is 123 cm³/mol. The summed E-state index contributed by atoms with van der Waals surface area (Å²) < 4.78 is 3.18. The Labute approximate surface area is 181 Å². The van der Waals surface area contributed by atoms with Crippen molar-refractivity contribution in [2.75, 3.05) is 11.4 Å². The second-order valence-electron chi connectivity index (χ2n) is 6.76. The molecule has 30 heavy (non-hydrogen) atoms. The highest BCUT2D eigenvalue weighted by Crippen LogP contribution is 2.18. The molecule has 0 saturated carbocycles. The average Bonchev–Trinajstić information content (AvgIpc) is 3.45. The number of aryl methyl sites for hydroxylation is 1. The van der Waals surface area contributed by atoms with Gasteiger partial charge in [-0.3, -0.25) is 18.7 Å². The minimum Gasteiger partial charge on any atom is -0.311 e. The van der Waals surface area contributed by atoms with Crippen LogP contribution < -0.4 is 16.1 Å². The number of aromatic nitrogens is 2. The third-order valence-electron chi connectivity index (χ3n) is 4.98. The fourth-order valence-corrected chi connectivity index (χ4v) is 5.03. The third kappa shape index (κ3) is 3.88. The third-order valence-corrected chi connectivity index (χ3v) is 6.80. The van der Waals surface area contributed by atoms with Crippen molar-refractivity contribution in [1.82, 2.24) is 9.13 Å². The molecule has 0 aliphatic rings. The highest BCUT2D eigenvalue weighted by molar-refractivity contribution is 7.17. The molecule has 8 heteroatoms. The van der Waals surface area contributed by atoms with Crippen LogP contribution in [0.5, 0.6) is 0 Å². The Morgan fingerprint density at radius 1 is 0.967 bits per heavy atom. The van der Waals surface area contributed by atoms with E-state index in [1.54, 1.807) is 27.7 Å². The lowest BCUT2D eigenvalue weighted by Crippen LogP contribution is -2.43. The Balaban J connectivity index is 1.71. The van der Waals surface area contributed by atoms with E-state index in [9.17, 15) is 14.4 Å². The maximum absolute atomic E-state index is 13.2. The molecule has 0 bridgehead atoms. The van der Waals surface area contributed by atoms with Gasteiger partial charge in [0.1, 0.15) is 11.2 Å². The van der Waals surface area contributed by atoms with Crippen LogP contribution in [0.25, 0.3) is 10.2 Å². The lowest BCUT2D eigenvalue weighted by molar-refractivity contribution is -0.119. The predicted octanol–water partition coefficient (Wildman–Crippen LogP) is 3.58. The average molecular weight is 440 g/mol. The fourth-order valence-electron chi connectivity index (χ4n) is 3.49. The number of carbonyl (C=O) groups excluding carboxylic acids is 1. The number of nitrogens with zero attached hydrogens (tertiary/aromatic N) is 3. The van der Waals surface area contributed by atoms with E-state index < -0.39 is 5.69 Å². The number of para-hydroxylation sites is 1. The number of likely N-dealkylation sites (N-methyl/N-ethyl adjacent to an activating group) is 1. The molecule has 6 nitrogen and oxygen atoms in total. The number of benzene rings is 1. The number of carbonyl (C=O) groups is 1. The maximum Gasteiger partial charge on any atom is 0.332 e. The lowest BCUT2D eigenvalue weighted by Gasteiger charge is -2.22. The van der Waals surface area contributed by atoms with Crippen LogP contribution in [0.4, 0.5) is 5.69 Å². The molecule has 3 aromatic heterocycles. The molecule has 4 aromatic rings. The molecule has 0 aliphatic heterocycles. The van der Waals surface area contributed by atoms with Crippen LogP contribution in [0.3, 0.4) is 0 Å². The van der Waals surface area contributed by atoms with Gasteiger partial charge in [0.15, 0.2) is 0 Å². The molecular weight excluding hydrogens is 418 g/mol. The van der Waals surface area contributed by atoms with E-state index in [4.69, 9.17) is 0 Å². The molecule has 0 N–H and O–H groups in total. The zero-order chi connectivity index (χ0) is 21.1. The lowest BCUT2D eigenvalue weighted by atomic mass is 10.3. The summed E-state index contributed by atoms with van der Waals surface area (Å²) >= 11 is 2.89. The number of amides is 1. The monoisotopic (exact) mass is 439 g/mol. The van der Waals surface area contributed by atoms with Crippen molar-refractivity contribution in [1.29, 1.82) is 0 Å².